The number of aryl methyl sites for hydroxylation is 3. The van der Waals surface area contributed by atoms with E-state index in [1.54, 1.807) is 18.2 Å². The van der Waals surface area contributed by atoms with Crippen molar-refractivity contribution in [3.05, 3.63) is 105 Å². The summed E-state index contributed by atoms with van der Waals surface area (Å²) in [5, 5.41) is 9.93. The van der Waals surface area contributed by atoms with Crippen LogP contribution in [0.25, 0.3) is 5.52 Å². The lowest BCUT2D eigenvalue weighted by molar-refractivity contribution is -0.121. The molecule has 0 fully saturated rings. The molecule has 2 aromatic carbocycles. The highest BCUT2D eigenvalue weighted by Crippen LogP contribution is 2.20. The molecule has 0 aliphatic heterocycles. The lowest BCUT2D eigenvalue weighted by Crippen LogP contribution is -2.35. The molecule has 2 amide bonds. The second-order valence-electron chi connectivity index (χ2n) is 8.51. The van der Waals surface area contributed by atoms with Gasteiger partial charge < -0.3 is 10.6 Å². The Balaban J connectivity index is 1.43. The lowest BCUT2D eigenvalue weighted by Gasteiger charge is -2.08. The van der Waals surface area contributed by atoms with Gasteiger partial charge in [0.25, 0.3) is 11.5 Å². The standard InChI is InChI=1S/C27H29N5O3/c1-19-24(26(34)29-16-22-12-7-4-8-13-22)20(2)31-18-30-32(27(35)25(19)31)17-23(33)28-15-9-14-21-10-5-3-6-11-21/h3-8,10-13,18H,9,14-17H2,1-2H3,(H,28,33)(H,29,34). The van der Waals surface area contributed by atoms with E-state index < -0.39 is 5.56 Å². The van der Waals surface area contributed by atoms with Crippen molar-refractivity contribution < 1.29 is 9.59 Å². The molecule has 0 saturated carbocycles. The molecular weight excluding hydrogens is 442 g/mol. The van der Waals surface area contributed by atoms with Crippen LogP contribution in [0.5, 0.6) is 0 Å². The van der Waals surface area contributed by atoms with E-state index in [0.717, 1.165) is 23.1 Å². The number of benzene rings is 2. The van der Waals surface area contributed by atoms with Crippen LogP contribution >= 0.6 is 0 Å². The van der Waals surface area contributed by atoms with Gasteiger partial charge in [-0.05, 0) is 43.4 Å². The Kier molecular flexibility index (Phi) is 7.40. The zero-order valence-electron chi connectivity index (χ0n) is 20.0. The second kappa shape index (κ2) is 10.8. The SMILES string of the molecule is Cc1c(C(=O)NCc2ccccc2)c(C)n2cnn(CC(=O)NCCCc3ccccc3)c(=O)c12. The van der Waals surface area contributed by atoms with Crippen LogP contribution in [0.3, 0.4) is 0 Å². The monoisotopic (exact) mass is 471 g/mol. The Labute approximate surface area is 203 Å². The molecule has 0 unspecified atom stereocenters. The summed E-state index contributed by atoms with van der Waals surface area (Å²) in [5.41, 5.74) is 3.78. The summed E-state index contributed by atoms with van der Waals surface area (Å²) in [6, 6.07) is 19.7. The molecule has 0 aliphatic rings. The van der Waals surface area contributed by atoms with Gasteiger partial charge in [-0.2, -0.15) is 5.10 Å². The highest BCUT2D eigenvalue weighted by Gasteiger charge is 2.22. The van der Waals surface area contributed by atoms with Crippen molar-refractivity contribution in [2.24, 2.45) is 0 Å². The highest BCUT2D eigenvalue weighted by molar-refractivity contribution is 5.99. The fourth-order valence-electron chi connectivity index (χ4n) is 4.23. The smallest absolute Gasteiger partial charge is 0.291 e. The fraction of sp³-hybridized carbons (Fsp3) is 0.259. The molecule has 0 radical (unpaired) electrons. The van der Waals surface area contributed by atoms with Gasteiger partial charge in [0, 0.05) is 18.8 Å². The van der Waals surface area contributed by atoms with Crippen molar-refractivity contribution in [1.82, 2.24) is 24.8 Å². The Morgan fingerprint density at radius 1 is 0.914 bits per heavy atom. The summed E-state index contributed by atoms with van der Waals surface area (Å²) in [7, 11) is 0. The average Bonchev–Trinajstić information content (AvgIpc) is 3.13. The molecule has 0 atom stereocenters. The van der Waals surface area contributed by atoms with E-state index in [0.29, 0.717) is 35.4 Å². The zero-order chi connectivity index (χ0) is 24.8. The van der Waals surface area contributed by atoms with E-state index in [9.17, 15) is 14.4 Å². The molecular formula is C27H29N5O3. The van der Waals surface area contributed by atoms with Gasteiger partial charge >= 0.3 is 0 Å². The molecule has 4 rings (SSSR count). The minimum Gasteiger partial charge on any atom is -0.354 e. The van der Waals surface area contributed by atoms with Gasteiger partial charge in [0.15, 0.2) is 0 Å². The number of amides is 2. The van der Waals surface area contributed by atoms with Gasteiger partial charge in [-0.1, -0.05) is 60.7 Å². The number of nitrogens with one attached hydrogen (secondary N) is 2. The van der Waals surface area contributed by atoms with Crippen LogP contribution in [-0.4, -0.2) is 32.5 Å². The van der Waals surface area contributed by atoms with Crippen molar-refractivity contribution in [3.8, 4) is 0 Å². The average molecular weight is 472 g/mol. The number of carbonyl (C=O) groups excluding carboxylic acids is 2. The summed E-state index contributed by atoms with van der Waals surface area (Å²) in [6.07, 6.45) is 3.15. The third-order valence-electron chi connectivity index (χ3n) is 6.06. The van der Waals surface area contributed by atoms with Gasteiger partial charge in [0.2, 0.25) is 5.91 Å². The molecule has 2 heterocycles. The molecule has 0 bridgehead atoms. The molecule has 180 valence electrons. The van der Waals surface area contributed by atoms with E-state index in [4.69, 9.17) is 0 Å². The van der Waals surface area contributed by atoms with Crippen LogP contribution < -0.4 is 16.2 Å². The fourth-order valence-corrected chi connectivity index (χ4v) is 4.23. The van der Waals surface area contributed by atoms with Gasteiger partial charge in [0.1, 0.15) is 18.4 Å². The quantitative estimate of drug-likeness (QED) is 0.367. The summed E-state index contributed by atoms with van der Waals surface area (Å²) in [6.45, 7) is 4.24. The molecule has 35 heavy (non-hydrogen) atoms. The largest absolute Gasteiger partial charge is 0.354 e. The minimum atomic E-state index is -0.408. The number of carbonyl (C=O) groups is 2. The third-order valence-corrected chi connectivity index (χ3v) is 6.06. The van der Waals surface area contributed by atoms with Gasteiger partial charge in [0.05, 0.1) is 5.56 Å². The summed E-state index contributed by atoms with van der Waals surface area (Å²) >= 11 is 0. The van der Waals surface area contributed by atoms with Crippen molar-refractivity contribution in [1.29, 1.82) is 0 Å². The zero-order valence-corrected chi connectivity index (χ0v) is 20.0. The highest BCUT2D eigenvalue weighted by atomic mass is 16.2. The number of rotatable bonds is 9. The number of fused-ring (bicyclic) bond motifs is 1. The number of aromatic nitrogens is 3. The molecule has 0 aliphatic carbocycles. The predicted molar refractivity (Wildman–Crippen MR) is 134 cm³/mol. The molecule has 4 aromatic rings. The summed E-state index contributed by atoms with van der Waals surface area (Å²) in [4.78, 5) is 38.5. The summed E-state index contributed by atoms with van der Waals surface area (Å²) in [5.74, 6) is -0.534. The molecule has 2 N–H and O–H groups in total. The van der Waals surface area contributed by atoms with Gasteiger partial charge in [-0.15, -0.1) is 0 Å². The normalized spacial score (nSPS) is 10.9. The van der Waals surface area contributed by atoms with Gasteiger partial charge in [-0.3, -0.25) is 18.8 Å². The Morgan fingerprint density at radius 2 is 1.57 bits per heavy atom. The Morgan fingerprint density at radius 3 is 2.26 bits per heavy atom. The van der Waals surface area contributed by atoms with Crippen LogP contribution in [0.15, 0.2) is 71.8 Å². The van der Waals surface area contributed by atoms with Crippen molar-refractivity contribution in [2.75, 3.05) is 6.54 Å². The summed E-state index contributed by atoms with van der Waals surface area (Å²) < 4.78 is 2.75. The maximum Gasteiger partial charge on any atom is 0.291 e. The van der Waals surface area contributed by atoms with Crippen LogP contribution in [0.1, 0.15) is 39.2 Å². The first-order valence-electron chi connectivity index (χ1n) is 11.7. The molecule has 8 nitrogen and oxygen atoms in total. The molecule has 0 saturated heterocycles. The molecule has 8 heteroatoms. The lowest BCUT2D eigenvalue weighted by atomic mass is 10.1. The molecule has 0 spiro atoms. The molecule has 2 aromatic heterocycles. The first-order chi connectivity index (χ1) is 17.0. The van der Waals surface area contributed by atoms with Crippen LogP contribution in [0.4, 0.5) is 0 Å². The van der Waals surface area contributed by atoms with Crippen molar-refractivity contribution >= 4 is 17.3 Å². The van der Waals surface area contributed by atoms with Crippen LogP contribution in [0.2, 0.25) is 0 Å². The Hall–Kier alpha value is -4.20. The maximum absolute atomic E-state index is 13.1. The maximum atomic E-state index is 13.1. The number of hydrogen-bond acceptors (Lipinski definition) is 4. The number of hydrogen-bond donors (Lipinski definition) is 2. The van der Waals surface area contributed by atoms with E-state index in [1.807, 2.05) is 48.5 Å². The minimum absolute atomic E-state index is 0.181. The Bertz CT molecular complexity index is 1390. The van der Waals surface area contributed by atoms with Crippen LogP contribution in [-0.2, 0) is 24.3 Å². The van der Waals surface area contributed by atoms with Crippen LogP contribution in [0, 0.1) is 13.8 Å². The van der Waals surface area contributed by atoms with E-state index >= 15 is 0 Å². The van der Waals surface area contributed by atoms with Crippen molar-refractivity contribution in [2.45, 2.75) is 39.8 Å². The topological polar surface area (TPSA) is 97.5 Å². The van der Waals surface area contributed by atoms with E-state index in [-0.39, 0.29) is 18.4 Å². The van der Waals surface area contributed by atoms with E-state index in [1.165, 1.54) is 11.9 Å². The third kappa shape index (κ3) is 5.48. The first-order valence-corrected chi connectivity index (χ1v) is 11.7. The first kappa shape index (κ1) is 23.9. The van der Waals surface area contributed by atoms with Crippen molar-refractivity contribution in [3.63, 3.8) is 0 Å². The van der Waals surface area contributed by atoms with Gasteiger partial charge in [-0.25, -0.2) is 4.68 Å². The second-order valence-corrected chi connectivity index (χ2v) is 8.51. The van der Waals surface area contributed by atoms with E-state index in [2.05, 4.69) is 27.9 Å². The number of nitrogens with zero attached hydrogens (tertiary/aromatic N) is 3. The predicted octanol–water partition coefficient (Wildman–Crippen LogP) is 2.79.